The van der Waals surface area contributed by atoms with Crippen LogP contribution in [0.15, 0.2) is 34.9 Å². The Morgan fingerprint density at radius 2 is 1.69 bits per heavy atom. The number of carbonyl (C=O) groups excluding carboxylic acids is 5. The lowest BCUT2D eigenvalue weighted by Gasteiger charge is -2.51. The van der Waals surface area contributed by atoms with Gasteiger partial charge in [0.05, 0.1) is 18.2 Å². The van der Waals surface area contributed by atoms with E-state index in [1.165, 1.54) is 31.4 Å². The SMILES string of the molecule is Cn1c(N)c(-c2ccc(OC[C@H](O/N=C(\C(=O)N[C@@H]3C(=O)N(OS(=O)(=O)[O-])C3(C)C)c3csc(NC(=O)OC(C)(C)C)n3)C(=O)OC(C)(C)C)cc2F)c[n+]1CCCNC(=O)OOC(C)(C)C. The number of anilines is 2. The Morgan fingerprint density at radius 3 is 2.27 bits per heavy atom. The van der Waals surface area contributed by atoms with Crippen molar-refractivity contribution in [2.75, 3.05) is 24.2 Å². The van der Waals surface area contributed by atoms with E-state index in [0.29, 0.717) is 18.5 Å². The number of hydroxylamine groups is 2. The number of aromatic nitrogens is 3. The molecule has 0 unspecified atom stereocenters. The average molecular weight is 986 g/mol. The Bertz CT molecular complexity index is 2470. The molecule has 3 aromatic rings. The van der Waals surface area contributed by atoms with E-state index in [2.05, 4.69) is 30.4 Å². The minimum atomic E-state index is -5.37. The Morgan fingerprint density at radius 1 is 1.03 bits per heavy atom. The first-order valence-electron chi connectivity index (χ1n) is 20.4. The van der Waals surface area contributed by atoms with E-state index in [1.54, 1.807) is 84.9 Å². The van der Waals surface area contributed by atoms with Gasteiger partial charge in [0.1, 0.15) is 46.7 Å². The maximum Gasteiger partial charge on any atom is 0.438 e. The van der Waals surface area contributed by atoms with Crippen molar-refractivity contribution in [3.05, 3.63) is 41.3 Å². The molecular formula is C40H56FN9O15S2. The van der Waals surface area contributed by atoms with E-state index in [-0.39, 0.29) is 39.6 Å². The number of hydrogen-bond donors (Lipinski definition) is 4. The predicted octanol–water partition coefficient (Wildman–Crippen LogP) is 3.36. The summed E-state index contributed by atoms with van der Waals surface area (Å²) in [4.78, 5) is 84.1. The Kier molecular flexibility index (Phi) is 16.6. The van der Waals surface area contributed by atoms with Crippen molar-refractivity contribution >= 4 is 68.4 Å². The highest BCUT2D eigenvalue weighted by atomic mass is 32.3. The van der Waals surface area contributed by atoms with Crippen molar-refractivity contribution in [3.8, 4) is 16.9 Å². The lowest BCUT2D eigenvalue weighted by molar-refractivity contribution is -0.772. The van der Waals surface area contributed by atoms with Crippen LogP contribution in [0, 0.1) is 5.82 Å². The average Bonchev–Trinajstić information content (AvgIpc) is 3.75. The number of halogens is 1. The van der Waals surface area contributed by atoms with E-state index in [0.717, 1.165) is 17.4 Å². The molecule has 1 fully saturated rings. The topological polar surface area (TPSA) is 307 Å². The molecule has 3 heterocycles. The van der Waals surface area contributed by atoms with Crippen LogP contribution in [0.2, 0.25) is 0 Å². The maximum absolute atomic E-state index is 15.8. The lowest BCUT2D eigenvalue weighted by Crippen LogP contribution is -2.76. The highest BCUT2D eigenvalue weighted by Crippen LogP contribution is 2.33. The number of aryl methyl sites for hydroxylation is 1. The molecule has 1 saturated heterocycles. The number of rotatable bonds is 18. The number of β-lactam (4-membered cyclic amide) rings is 1. The minimum absolute atomic E-state index is 0.0615. The standard InChI is InChI=1S/C40H56FN9O15S2/c1-37(2,3)60-33(53)27(20-59-22-14-15-23(25(41)18-22)24-19-49(48(12)30(24)42)17-13-16-43-35(54)63-64-39(7,8)9)62-47-28(26-21-66-34(44-26)46-36(55)61-38(4,5)6)31(51)45-29-32(52)50(40(29,10)11)65-67(56,57)58/h14-15,18-19,21,27,29,42H,13,16-17,20H2,1-12H3,(H4,43,44,45,46,51,54,55,56,57,58)/b47-28-/t27-,29+/m0/s1. The minimum Gasteiger partial charge on any atom is -0.724 e. The third-order valence-corrected chi connectivity index (χ3v) is 9.84. The largest absolute Gasteiger partial charge is 0.724 e. The van der Waals surface area contributed by atoms with Crippen LogP contribution in [0.25, 0.3) is 11.1 Å². The normalized spacial score (nSPS) is 15.8. The smallest absolute Gasteiger partial charge is 0.438 e. The summed E-state index contributed by atoms with van der Waals surface area (Å²) in [6, 6.07) is 2.39. The number of benzene rings is 1. The van der Waals surface area contributed by atoms with Crippen LogP contribution in [0.4, 0.5) is 24.9 Å². The zero-order valence-electron chi connectivity index (χ0n) is 39.0. The van der Waals surface area contributed by atoms with Gasteiger partial charge in [-0.25, -0.2) is 32.2 Å². The summed E-state index contributed by atoms with van der Waals surface area (Å²) in [5.41, 5.74) is 1.73. The van der Waals surface area contributed by atoms with Crippen molar-refractivity contribution in [2.45, 2.75) is 124 Å². The second-order valence-electron chi connectivity index (χ2n) is 18.3. The first kappa shape index (κ1) is 53.5. The van der Waals surface area contributed by atoms with Crippen LogP contribution in [-0.2, 0) is 66.7 Å². The van der Waals surface area contributed by atoms with Crippen molar-refractivity contribution in [1.82, 2.24) is 25.4 Å². The molecule has 24 nitrogen and oxygen atoms in total. The molecule has 2 atom stereocenters. The fourth-order valence-electron chi connectivity index (χ4n) is 5.71. The number of ether oxygens (including phenoxy) is 3. The highest BCUT2D eigenvalue weighted by Gasteiger charge is 2.57. The van der Waals surface area contributed by atoms with E-state index in [4.69, 9.17) is 34.6 Å². The van der Waals surface area contributed by atoms with Gasteiger partial charge in [-0.15, -0.1) is 20.7 Å². The number of oxime groups is 1. The van der Waals surface area contributed by atoms with Crippen molar-refractivity contribution < 1.29 is 79.1 Å². The molecule has 0 aliphatic carbocycles. The van der Waals surface area contributed by atoms with Gasteiger partial charge in [0.15, 0.2) is 23.2 Å². The summed E-state index contributed by atoms with van der Waals surface area (Å²) in [7, 11) is -3.69. The van der Waals surface area contributed by atoms with Gasteiger partial charge in [0.2, 0.25) is 16.6 Å². The number of nitrogens with zero attached hydrogens (tertiary/aromatic N) is 5. The molecule has 1 aliphatic rings. The molecule has 2 aromatic heterocycles. The van der Waals surface area contributed by atoms with Gasteiger partial charge in [-0.2, -0.15) is 14.2 Å². The number of hydrogen-bond acceptors (Lipinski definition) is 19. The third-order valence-electron chi connectivity index (χ3n) is 8.75. The van der Waals surface area contributed by atoms with E-state index >= 15 is 4.39 Å². The molecule has 0 spiro atoms. The van der Waals surface area contributed by atoms with Gasteiger partial charge in [-0.05, 0) is 88.3 Å². The molecule has 67 heavy (non-hydrogen) atoms. The van der Waals surface area contributed by atoms with Crippen LogP contribution in [0.5, 0.6) is 5.75 Å². The second-order valence-corrected chi connectivity index (χ2v) is 20.1. The summed E-state index contributed by atoms with van der Waals surface area (Å²) in [6.45, 7) is 17.4. The summed E-state index contributed by atoms with van der Waals surface area (Å²) in [6.07, 6.45) is -1.27. The Labute approximate surface area is 390 Å². The van der Waals surface area contributed by atoms with E-state index in [9.17, 15) is 36.9 Å². The molecule has 4 amide bonds. The quantitative estimate of drug-likeness (QED) is 0.0163. The molecule has 1 aliphatic heterocycles. The van der Waals surface area contributed by atoms with Gasteiger partial charge in [-0.3, -0.25) is 19.8 Å². The predicted molar refractivity (Wildman–Crippen MR) is 234 cm³/mol. The van der Waals surface area contributed by atoms with Gasteiger partial charge in [0, 0.05) is 30.0 Å². The number of nitrogens with one attached hydrogen (secondary N) is 3. The fraction of sp³-hybridized carbons (Fsp3) is 0.550. The fourth-order valence-corrected chi connectivity index (χ4v) is 6.84. The van der Waals surface area contributed by atoms with Gasteiger partial charge in [0.25, 0.3) is 17.9 Å². The Balaban J connectivity index is 1.56. The van der Waals surface area contributed by atoms with Crippen LogP contribution >= 0.6 is 11.3 Å². The van der Waals surface area contributed by atoms with Crippen LogP contribution in [0.1, 0.15) is 88.3 Å². The van der Waals surface area contributed by atoms with Gasteiger partial charge in [-0.1, -0.05) is 5.16 Å². The summed E-state index contributed by atoms with van der Waals surface area (Å²) in [5.74, 6) is -3.85. The first-order valence-corrected chi connectivity index (χ1v) is 22.6. The van der Waals surface area contributed by atoms with Crippen molar-refractivity contribution in [1.29, 1.82) is 0 Å². The van der Waals surface area contributed by atoms with Crippen LogP contribution < -0.4 is 31.1 Å². The second kappa shape index (κ2) is 20.8. The molecule has 370 valence electrons. The molecule has 0 bridgehead atoms. The van der Waals surface area contributed by atoms with Gasteiger partial charge >= 0.3 is 18.2 Å². The number of nitrogen functional groups attached to an aromatic ring is 1. The number of thiazole rings is 1. The molecule has 5 N–H and O–H groups in total. The molecule has 4 rings (SSSR count). The van der Waals surface area contributed by atoms with E-state index < -0.39 is 93.0 Å². The summed E-state index contributed by atoms with van der Waals surface area (Å²) >= 11 is 0.842. The van der Waals surface area contributed by atoms with Crippen LogP contribution in [0.3, 0.4) is 0 Å². The molecule has 0 saturated carbocycles. The Hall–Kier alpha value is -6.16. The zero-order chi connectivity index (χ0) is 50.4. The van der Waals surface area contributed by atoms with Crippen molar-refractivity contribution in [3.63, 3.8) is 0 Å². The first-order chi connectivity index (χ1) is 30.7. The van der Waals surface area contributed by atoms with E-state index in [1.807, 2.05) is 0 Å². The van der Waals surface area contributed by atoms with Crippen molar-refractivity contribution in [2.24, 2.45) is 12.2 Å². The summed E-state index contributed by atoms with van der Waals surface area (Å²) < 4.78 is 73.7. The number of amides is 4. The molecule has 1 aromatic carbocycles. The van der Waals surface area contributed by atoms with Crippen LogP contribution in [-0.4, -0.2) is 111 Å². The molecular weight excluding hydrogens is 930 g/mol. The van der Waals surface area contributed by atoms with Gasteiger partial charge < -0.3 is 40.0 Å². The lowest BCUT2D eigenvalue weighted by atomic mass is 9.84. The molecule has 0 radical (unpaired) electrons. The highest BCUT2D eigenvalue weighted by molar-refractivity contribution is 7.80. The monoisotopic (exact) mass is 985 g/mol. The molecule has 27 heteroatoms. The third kappa shape index (κ3) is 15.4. The maximum atomic E-state index is 15.8. The number of carbonyl (C=O) groups is 5. The zero-order valence-corrected chi connectivity index (χ0v) is 40.6. The summed E-state index contributed by atoms with van der Waals surface area (Å²) in [5, 5.41) is 12.8. The number of esters is 1. The number of nitrogens with two attached hydrogens (primary N) is 1.